The fourth-order valence-corrected chi connectivity index (χ4v) is 2.02. The summed E-state index contributed by atoms with van der Waals surface area (Å²) in [6.45, 7) is 5.52. The van der Waals surface area contributed by atoms with Gasteiger partial charge in [-0.3, -0.25) is 0 Å². The Balaban J connectivity index is 2.35. The van der Waals surface area contributed by atoms with Crippen LogP contribution in [0.1, 0.15) is 39.5 Å². The van der Waals surface area contributed by atoms with Crippen molar-refractivity contribution < 1.29 is 14.6 Å². The topological polar surface area (TPSA) is 46.5 Å². The molecule has 1 aliphatic rings. The molecule has 0 bridgehead atoms. The van der Waals surface area contributed by atoms with E-state index in [4.69, 9.17) is 9.84 Å². The number of hydrogen-bond acceptors (Lipinski definition) is 2. The molecule has 0 spiro atoms. The van der Waals surface area contributed by atoms with Crippen molar-refractivity contribution in [2.75, 3.05) is 13.2 Å². The zero-order chi connectivity index (χ0) is 11.3. The normalized spacial score (nSPS) is 19.7. The van der Waals surface area contributed by atoms with E-state index in [1.807, 2.05) is 6.08 Å². The number of carbonyl (C=O) groups is 1. The van der Waals surface area contributed by atoms with Gasteiger partial charge >= 0.3 is 5.97 Å². The van der Waals surface area contributed by atoms with Gasteiger partial charge in [0, 0.05) is 11.0 Å². The third kappa shape index (κ3) is 3.34. The highest BCUT2D eigenvalue weighted by Crippen LogP contribution is 2.37. The smallest absolute Gasteiger partial charge is 0.330 e. The Kier molecular flexibility index (Phi) is 4.33. The molecule has 0 amide bonds. The van der Waals surface area contributed by atoms with E-state index in [2.05, 4.69) is 6.92 Å². The number of ether oxygens (including phenoxy) is 1. The molecule has 0 radical (unpaired) electrons. The molecule has 0 aromatic carbocycles. The van der Waals surface area contributed by atoms with Gasteiger partial charge in [0.05, 0.1) is 13.2 Å². The number of hydrogen-bond donors (Lipinski definition) is 1. The Morgan fingerprint density at radius 1 is 1.47 bits per heavy atom. The molecule has 0 unspecified atom stereocenters. The molecule has 1 rings (SSSR count). The summed E-state index contributed by atoms with van der Waals surface area (Å²) in [5.41, 5.74) is 0.784. The van der Waals surface area contributed by atoms with Gasteiger partial charge in [-0.25, -0.2) is 4.79 Å². The average molecular weight is 212 g/mol. The molecule has 1 saturated heterocycles. The zero-order valence-corrected chi connectivity index (χ0v) is 9.58. The number of aliphatic carboxylic acids is 1. The molecule has 15 heavy (non-hydrogen) atoms. The van der Waals surface area contributed by atoms with Gasteiger partial charge in [-0.15, -0.1) is 0 Å². The van der Waals surface area contributed by atoms with E-state index in [0.717, 1.165) is 26.1 Å². The summed E-state index contributed by atoms with van der Waals surface area (Å²) in [6.07, 6.45) is 6.07. The van der Waals surface area contributed by atoms with Crippen LogP contribution in [0.2, 0.25) is 0 Å². The average Bonchev–Trinajstić information content (AvgIpc) is 2.13. The van der Waals surface area contributed by atoms with E-state index in [1.54, 1.807) is 6.92 Å². The first-order valence-electron chi connectivity index (χ1n) is 5.57. The van der Waals surface area contributed by atoms with Crippen LogP contribution in [0.4, 0.5) is 0 Å². The lowest BCUT2D eigenvalue weighted by atomic mass is 9.77. The Labute approximate surface area is 91.1 Å². The van der Waals surface area contributed by atoms with Gasteiger partial charge in [-0.2, -0.15) is 0 Å². The van der Waals surface area contributed by atoms with Crippen molar-refractivity contribution in [3.05, 3.63) is 11.6 Å². The number of carboxylic acid groups (broad SMARTS) is 1. The van der Waals surface area contributed by atoms with Gasteiger partial charge in [0.2, 0.25) is 0 Å². The minimum atomic E-state index is -0.815. The maximum atomic E-state index is 10.6. The third-order valence-corrected chi connectivity index (χ3v) is 3.06. The highest BCUT2D eigenvalue weighted by atomic mass is 16.5. The molecule has 0 atom stereocenters. The van der Waals surface area contributed by atoms with Gasteiger partial charge in [0.15, 0.2) is 0 Å². The molecule has 1 aliphatic heterocycles. The molecule has 1 heterocycles. The van der Waals surface area contributed by atoms with E-state index in [0.29, 0.717) is 11.0 Å². The van der Waals surface area contributed by atoms with E-state index in [-0.39, 0.29) is 0 Å². The van der Waals surface area contributed by atoms with Crippen LogP contribution < -0.4 is 0 Å². The van der Waals surface area contributed by atoms with Gasteiger partial charge in [0.25, 0.3) is 0 Å². The maximum Gasteiger partial charge on any atom is 0.330 e. The predicted octanol–water partition coefficient (Wildman–Crippen LogP) is 2.61. The first-order chi connectivity index (χ1) is 7.09. The second kappa shape index (κ2) is 5.31. The van der Waals surface area contributed by atoms with Crippen LogP contribution in [-0.2, 0) is 9.53 Å². The summed E-state index contributed by atoms with van der Waals surface area (Å²) in [4.78, 5) is 10.6. The Morgan fingerprint density at radius 3 is 2.53 bits per heavy atom. The molecule has 0 saturated carbocycles. The second-order valence-electron chi connectivity index (χ2n) is 4.47. The van der Waals surface area contributed by atoms with Gasteiger partial charge in [-0.1, -0.05) is 19.4 Å². The Hall–Kier alpha value is -0.830. The summed E-state index contributed by atoms with van der Waals surface area (Å²) in [5, 5.41) is 8.69. The van der Waals surface area contributed by atoms with Crippen LogP contribution in [0.3, 0.4) is 0 Å². The first kappa shape index (κ1) is 12.2. The van der Waals surface area contributed by atoms with Crippen molar-refractivity contribution in [3.8, 4) is 0 Å². The lowest BCUT2D eigenvalue weighted by Crippen LogP contribution is -2.42. The van der Waals surface area contributed by atoms with Crippen LogP contribution >= 0.6 is 0 Å². The summed E-state index contributed by atoms with van der Waals surface area (Å²) < 4.78 is 5.26. The van der Waals surface area contributed by atoms with Crippen LogP contribution in [0.15, 0.2) is 11.6 Å². The van der Waals surface area contributed by atoms with Crippen molar-refractivity contribution >= 4 is 5.97 Å². The van der Waals surface area contributed by atoms with Crippen molar-refractivity contribution in [1.82, 2.24) is 0 Å². The number of carboxylic acids is 1. The highest BCUT2D eigenvalue weighted by molar-refractivity contribution is 5.85. The first-order valence-corrected chi connectivity index (χ1v) is 5.57. The molecule has 0 aromatic rings. The van der Waals surface area contributed by atoms with Crippen LogP contribution in [0, 0.1) is 5.41 Å². The van der Waals surface area contributed by atoms with Crippen molar-refractivity contribution in [2.45, 2.75) is 39.5 Å². The molecule has 0 aromatic heterocycles. The third-order valence-electron chi connectivity index (χ3n) is 3.06. The molecule has 3 heteroatoms. The van der Waals surface area contributed by atoms with Crippen LogP contribution in [0.25, 0.3) is 0 Å². The van der Waals surface area contributed by atoms with Crippen molar-refractivity contribution in [2.24, 2.45) is 5.41 Å². The molecular weight excluding hydrogens is 192 g/mol. The maximum absolute atomic E-state index is 10.6. The summed E-state index contributed by atoms with van der Waals surface area (Å²) >= 11 is 0. The predicted molar refractivity (Wildman–Crippen MR) is 58.8 cm³/mol. The minimum absolute atomic E-state index is 0.337. The fourth-order valence-electron chi connectivity index (χ4n) is 2.02. The van der Waals surface area contributed by atoms with Crippen LogP contribution in [-0.4, -0.2) is 24.3 Å². The van der Waals surface area contributed by atoms with Gasteiger partial charge in [0.1, 0.15) is 0 Å². The highest BCUT2D eigenvalue weighted by Gasteiger charge is 2.36. The monoisotopic (exact) mass is 212 g/mol. The van der Waals surface area contributed by atoms with E-state index in [1.165, 1.54) is 12.8 Å². The van der Waals surface area contributed by atoms with Crippen molar-refractivity contribution in [3.63, 3.8) is 0 Å². The number of rotatable bonds is 6. The van der Waals surface area contributed by atoms with E-state index < -0.39 is 5.97 Å². The second-order valence-corrected chi connectivity index (χ2v) is 4.47. The summed E-state index contributed by atoms with van der Waals surface area (Å²) in [5.74, 6) is -0.815. The van der Waals surface area contributed by atoms with E-state index in [9.17, 15) is 4.79 Å². The largest absolute Gasteiger partial charge is 0.478 e. The molecule has 3 nitrogen and oxygen atoms in total. The lowest BCUT2D eigenvalue weighted by molar-refractivity contribution is -0.132. The molecular formula is C12H20O3. The molecule has 0 aliphatic carbocycles. The molecule has 86 valence electrons. The summed E-state index contributed by atoms with van der Waals surface area (Å²) in [6, 6.07) is 0. The molecule has 1 fully saturated rings. The Bertz CT molecular complexity index is 252. The molecule has 1 N–H and O–H groups in total. The van der Waals surface area contributed by atoms with Crippen LogP contribution in [0.5, 0.6) is 0 Å². The lowest BCUT2D eigenvalue weighted by Gasteiger charge is -2.41. The quantitative estimate of drug-likeness (QED) is 0.688. The van der Waals surface area contributed by atoms with Crippen molar-refractivity contribution in [1.29, 1.82) is 0 Å². The van der Waals surface area contributed by atoms with Gasteiger partial charge < -0.3 is 9.84 Å². The zero-order valence-electron chi connectivity index (χ0n) is 9.58. The minimum Gasteiger partial charge on any atom is -0.478 e. The Morgan fingerprint density at radius 2 is 2.13 bits per heavy atom. The SMILES string of the molecule is CCCC1(CCC=C(C)C(=O)O)COC1. The summed E-state index contributed by atoms with van der Waals surface area (Å²) in [7, 11) is 0. The van der Waals surface area contributed by atoms with Gasteiger partial charge in [-0.05, 0) is 26.2 Å². The fraction of sp³-hybridized carbons (Fsp3) is 0.750. The number of allylic oxidation sites excluding steroid dienone is 1. The standard InChI is InChI=1S/C12H20O3/c1-3-6-12(8-15-9-12)7-4-5-10(2)11(13)14/h5H,3-4,6-9H2,1-2H3,(H,13,14). The van der Waals surface area contributed by atoms with E-state index >= 15 is 0 Å².